The normalized spacial score (nSPS) is 10.9. The largest absolute Gasteiger partial charge is 0.507 e. The number of unbranched alkanes of at least 4 members (excludes halogenated alkanes) is 2. The summed E-state index contributed by atoms with van der Waals surface area (Å²) in [6, 6.07) is 4.38. The molecule has 2 amide bonds. The number of carboxylic acids is 1. The van der Waals surface area contributed by atoms with Crippen LogP contribution >= 0.6 is 0 Å². The zero-order chi connectivity index (χ0) is 20.4. The summed E-state index contributed by atoms with van der Waals surface area (Å²) in [6.45, 7) is 5.92. The van der Waals surface area contributed by atoms with Crippen molar-refractivity contribution in [1.29, 1.82) is 0 Å². The Kier molecular flexibility index (Phi) is 8.58. The Bertz CT molecular complexity index is 667. The van der Waals surface area contributed by atoms with Crippen molar-refractivity contribution in [2.24, 2.45) is 0 Å². The van der Waals surface area contributed by atoms with Crippen LogP contribution in [0.3, 0.4) is 0 Å². The molecule has 1 rings (SSSR count). The second-order valence-electron chi connectivity index (χ2n) is 7.13. The highest BCUT2D eigenvalue weighted by Crippen LogP contribution is 2.22. The van der Waals surface area contributed by atoms with Gasteiger partial charge in [-0.2, -0.15) is 0 Å². The summed E-state index contributed by atoms with van der Waals surface area (Å²) in [6.07, 6.45) is 2.01. The van der Waals surface area contributed by atoms with E-state index in [0.29, 0.717) is 24.9 Å². The second kappa shape index (κ2) is 10.4. The second-order valence-corrected chi connectivity index (χ2v) is 7.13. The monoisotopic (exact) mass is 380 g/mol. The number of aromatic carboxylic acids is 1. The lowest BCUT2D eigenvalue weighted by Crippen LogP contribution is -2.33. The molecule has 27 heavy (non-hydrogen) atoms. The molecule has 0 atom stereocenters. The van der Waals surface area contributed by atoms with Crippen LogP contribution in [0.15, 0.2) is 18.2 Å². The Labute approximate surface area is 158 Å². The topological polar surface area (TPSA) is 125 Å². The molecule has 0 unspecified atom stereocenters. The lowest BCUT2D eigenvalue weighted by Gasteiger charge is -2.19. The van der Waals surface area contributed by atoms with Gasteiger partial charge in [-0.05, 0) is 39.7 Å². The molecule has 8 heteroatoms. The summed E-state index contributed by atoms with van der Waals surface area (Å²) in [5, 5.41) is 24.2. The highest BCUT2D eigenvalue weighted by atomic mass is 16.6. The van der Waals surface area contributed by atoms with E-state index in [1.807, 2.05) is 0 Å². The standard InChI is InChI=1S/C19H28N2O6/c1-19(2,3)27-18(26)20-11-6-4-5-10-15(22)21-12-13-8-7-9-14(16(13)23)17(24)25/h7-9,23H,4-6,10-12H2,1-3H3,(H,20,26)(H,21,22)(H,24,25). The first-order valence-corrected chi connectivity index (χ1v) is 8.88. The number of rotatable bonds is 9. The van der Waals surface area contributed by atoms with Crippen LogP contribution in [0.4, 0.5) is 4.79 Å². The number of benzene rings is 1. The zero-order valence-electron chi connectivity index (χ0n) is 16.0. The van der Waals surface area contributed by atoms with Crippen LogP contribution in [0, 0.1) is 0 Å². The van der Waals surface area contributed by atoms with Crippen molar-refractivity contribution in [2.75, 3.05) is 6.54 Å². The first-order chi connectivity index (χ1) is 12.6. The van der Waals surface area contributed by atoms with E-state index in [2.05, 4.69) is 10.6 Å². The number of carbonyl (C=O) groups is 3. The molecule has 0 saturated carbocycles. The molecule has 4 N–H and O–H groups in total. The van der Waals surface area contributed by atoms with Gasteiger partial charge in [0, 0.05) is 25.1 Å². The summed E-state index contributed by atoms with van der Waals surface area (Å²) in [4.78, 5) is 34.3. The van der Waals surface area contributed by atoms with E-state index in [4.69, 9.17) is 9.84 Å². The van der Waals surface area contributed by atoms with Gasteiger partial charge in [-0.3, -0.25) is 4.79 Å². The van der Waals surface area contributed by atoms with Crippen molar-refractivity contribution in [3.05, 3.63) is 29.3 Å². The Morgan fingerprint density at radius 3 is 2.41 bits per heavy atom. The number of carbonyl (C=O) groups excluding carboxylic acids is 2. The van der Waals surface area contributed by atoms with Crippen LogP contribution in [-0.4, -0.2) is 40.3 Å². The number of nitrogens with one attached hydrogen (secondary N) is 2. The van der Waals surface area contributed by atoms with Crippen molar-refractivity contribution >= 4 is 18.0 Å². The maximum atomic E-state index is 11.8. The van der Waals surface area contributed by atoms with Crippen LogP contribution in [0.2, 0.25) is 0 Å². The van der Waals surface area contributed by atoms with E-state index in [-0.39, 0.29) is 23.8 Å². The average Bonchev–Trinajstić information content (AvgIpc) is 2.55. The molecule has 0 spiro atoms. The van der Waals surface area contributed by atoms with Crippen LogP contribution in [-0.2, 0) is 16.1 Å². The summed E-state index contributed by atoms with van der Waals surface area (Å²) in [5.74, 6) is -1.74. The number of hydrogen-bond acceptors (Lipinski definition) is 5. The molecule has 0 aliphatic carbocycles. The van der Waals surface area contributed by atoms with E-state index in [9.17, 15) is 19.5 Å². The van der Waals surface area contributed by atoms with Gasteiger partial charge in [0.15, 0.2) is 0 Å². The van der Waals surface area contributed by atoms with Gasteiger partial charge in [0.2, 0.25) is 5.91 Å². The maximum absolute atomic E-state index is 11.8. The van der Waals surface area contributed by atoms with Gasteiger partial charge in [0.1, 0.15) is 16.9 Å². The third kappa shape index (κ3) is 8.94. The molecule has 0 aliphatic rings. The molecule has 0 aliphatic heterocycles. The fraction of sp³-hybridized carbons (Fsp3) is 0.526. The molecule has 8 nitrogen and oxygen atoms in total. The van der Waals surface area contributed by atoms with Gasteiger partial charge in [-0.15, -0.1) is 0 Å². The molecule has 0 heterocycles. The first kappa shape index (κ1) is 22.3. The van der Waals surface area contributed by atoms with Gasteiger partial charge in [-0.1, -0.05) is 18.6 Å². The zero-order valence-corrected chi connectivity index (χ0v) is 16.0. The third-order valence-corrected chi connectivity index (χ3v) is 3.57. The molecule has 0 fully saturated rings. The molecule has 0 radical (unpaired) electrons. The van der Waals surface area contributed by atoms with E-state index < -0.39 is 17.7 Å². The number of alkyl carbamates (subject to hydrolysis) is 1. The highest BCUT2D eigenvalue weighted by Gasteiger charge is 2.15. The van der Waals surface area contributed by atoms with Gasteiger partial charge < -0.3 is 25.6 Å². The smallest absolute Gasteiger partial charge is 0.407 e. The van der Waals surface area contributed by atoms with Crippen LogP contribution in [0.25, 0.3) is 0 Å². The van der Waals surface area contributed by atoms with Gasteiger partial charge in [0.25, 0.3) is 0 Å². The number of carboxylic acid groups (broad SMARTS) is 1. The Balaban J connectivity index is 2.21. The lowest BCUT2D eigenvalue weighted by molar-refractivity contribution is -0.121. The fourth-order valence-corrected chi connectivity index (χ4v) is 2.28. The van der Waals surface area contributed by atoms with Crippen molar-refractivity contribution in [2.45, 2.75) is 58.6 Å². The minimum atomic E-state index is -1.22. The van der Waals surface area contributed by atoms with Crippen LogP contribution in [0.5, 0.6) is 5.75 Å². The van der Waals surface area contributed by atoms with Crippen molar-refractivity contribution in [1.82, 2.24) is 10.6 Å². The Hall–Kier alpha value is -2.77. The predicted octanol–water partition coefficient (Wildman–Crippen LogP) is 2.79. The van der Waals surface area contributed by atoms with Crippen LogP contribution in [0.1, 0.15) is 62.4 Å². The predicted molar refractivity (Wildman–Crippen MR) is 99.6 cm³/mol. The summed E-state index contributed by atoms with van der Waals surface area (Å²) in [7, 11) is 0. The number of hydrogen-bond donors (Lipinski definition) is 4. The summed E-state index contributed by atoms with van der Waals surface area (Å²) < 4.78 is 5.12. The molecule has 150 valence electrons. The van der Waals surface area contributed by atoms with Gasteiger partial charge in [0.05, 0.1) is 0 Å². The van der Waals surface area contributed by atoms with E-state index in [1.165, 1.54) is 12.1 Å². The minimum Gasteiger partial charge on any atom is -0.507 e. The summed E-state index contributed by atoms with van der Waals surface area (Å²) >= 11 is 0. The van der Waals surface area contributed by atoms with E-state index in [1.54, 1.807) is 26.8 Å². The van der Waals surface area contributed by atoms with Crippen molar-refractivity contribution < 1.29 is 29.3 Å². The molecule has 1 aromatic carbocycles. The first-order valence-electron chi connectivity index (χ1n) is 8.88. The molecule has 0 saturated heterocycles. The number of aromatic hydroxyl groups is 1. The van der Waals surface area contributed by atoms with Crippen molar-refractivity contribution in [3.63, 3.8) is 0 Å². The number of para-hydroxylation sites is 1. The molecule has 0 aromatic heterocycles. The van der Waals surface area contributed by atoms with Crippen molar-refractivity contribution in [3.8, 4) is 5.75 Å². The van der Waals surface area contributed by atoms with Gasteiger partial charge >= 0.3 is 12.1 Å². The Morgan fingerprint density at radius 1 is 1.07 bits per heavy atom. The fourth-order valence-electron chi connectivity index (χ4n) is 2.28. The summed E-state index contributed by atoms with van der Waals surface area (Å²) in [5.41, 5.74) is -0.371. The molecular weight excluding hydrogens is 352 g/mol. The Morgan fingerprint density at radius 2 is 1.78 bits per heavy atom. The lowest BCUT2D eigenvalue weighted by atomic mass is 10.1. The molecule has 0 bridgehead atoms. The SMILES string of the molecule is CC(C)(C)OC(=O)NCCCCCC(=O)NCc1cccc(C(=O)O)c1O. The van der Waals surface area contributed by atoms with Gasteiger partial charge in [-0.25, -0.2) is 9.59 Å². The van der Waals surface area contributed by atoms with E-state index in [0.717, 1.165) is 12.8 Å². The minimum absolute atomic E-state index is 0.0615. The molecule has 1 aromatic rings. The highest BCUT2D eigenvalue weighted by molar-refractivity contribution is 5.91. The maximum Gasteiger partial charge on any atom is 0.407 e. The molecular formula is C19H28N2O6. The van der Waals surface area contributed by atoms with Crippen LogP contribution < -0.4 is 10.6 Å². The third-order valence-electron chi connectivity index (χ3n) is 3.57. The number of ether oxygens (including phenoxy) is 1. The number of phenols is 1. The quantitative estimate of drug-likeness (QED) is 0.488. The average molecular weight is 380 g/mol. The van der Waals surface area contributed by atoms with E-state index >= 15 is 0 Å². The number of amides is 2.